The minimum absolute atomic E-state index is 0.151. The molecule has 0 atom stereocenters. The summed E-state index contributed by atoms with van der Waals surface area (Å²) in [5.41, 5.74) is 6.97. The van der Waals surface area contributed by atoms with E-state index in [9.17, 15) is 5.11 Å². The average Bonchev–Trinajstić information content (AvgIpc) is 2.70. The second-order valence-electron chi connectivity index (χ2n) is 2.84. The van der Waals surface area contributed by atoms with Gasteiger partial charge < -0.3 is 10.8 Å². The summed E-state index contributed by atoms with van der Waals surface area (Å²) in [6.45, 7) is 0.351. The molecule has 0 amide bonds. The van der Waals surface area contributed by atoms with E-state index >= 15 is 0 Å². The second kappa shape index (κ2) is 3.47. The van der Waals surface area contributed by atoms with E-state index in [1.54, 1.807) is 24.5 Å². The van der Waals surface area contributed by atoms with Crippen molar-refractivity contribution in [2.45, 2.75) is 6.54 Å². The van der Waals surface area contributed by atoms with Crippen LogP contribution < -0.4 is 5.73 Å². The fourth-order valence-electron chi connectivity index (χ4n) is 1.33. The maximum absolute atomic E-state index is 9.65. The van der Waals surface area contributed by atoms with Crippen molar-refractivity contribution < 1.29 is 5.11 Å². The summed E-state index contributed by atoms with van der Waals surface area (Å²) >= 11 is 0. The molecule has 0 saturated carbocycles. The zero-order valence-electron chi connectivity index (χ0n) is 7.46. The smallest absolute Gasteiger partial charge is 0.141 e. The minimum Gasteiger partial charge on any atom is -0.506 e. The molecule has 0 aliphatic rings. The molecule has 2 rings (SSSR count). The summed E-state index contributed by atoms with van der Waals surface area (Å²) < 4.78 is 1.50. The van der Waals surface area contributed by atoms with E-state index < -0.39 is 0 Å². The minimum atomic E-state index is 0.151. The van der Waals surface area contributed by atoms with Crippen LogP contribution in [0.5, 0.6) is 5.75 Å². The van der Waals surface area contributed by atoms with Crippen LogP contribution in [0.2, 0.25) is 0 Å². The van der Waals surface area contributed by atoms with E-state index in [2.05, 4.69) is 10.3 Å². The standard InChI is InChI=1S/C9H10N4O/c10-6-7-2-1-3-8(14)9(7)13-5-4-11-12-13/h1-5,14H,6,10H2. The van der Waals surface area contributed by atoms with Gasteiger partial charge in [-0.3, -0.25) is 0 Å². The van der Waals surface area contributed by atoms with E-state index in [0.717, 1.165) is 5.56 Å². The molecule has 0 saturated heterocycles. The third-order valence-corrected chi connectivity index (χ3v) is 1.97. The van der Waals surface area contributed by atoms with Crippen molar-refractivity contribution >= 4 is 0 Å². The summed E-state index contributed by atoms with van der Waals surface area (Å²) in [7, 11) is 0. The van der Waals surface area contributed by atoms with Gasteiger partial charge in [0.2, 0.25) is 0 Å². The number of phenols is 1. The SMILES string of the molecule is NCc1cccc(O)c1-n1ccnn1. The number of hydrogen-bond acceptors (Lipinski definition) is 4. The van der Waals surface area contributed by atoms with Crippen LogP contribution in [0.15, 0.2) is 30.6 Å². The Morgan fingerprint density at radius 3 is 2.93 bits per heavy atom. The van der Waals surface area contributed by atoms with E-state index in [-0.39, 0.29) is 5.75 Å². The van der Waals surface area contributed by atoms with Crippen molar-refractivity contribution in [2.75, 3.05) is 0 Å². The lowest BCUT2D eigenvalue weighted by atomic mass is 10.1. The Kier molecular flexibility index (Phi) is 2.16. The number of phenolic OH excluding ortho intramolecular Hbond substituents is 1. The van der Waals surface area contributed by atoms with Crippen LogP contribution in [0.4, 0.5) is 0 Å². The van der Waals surface area contributed by atoms with Crippen LogP contribution >= 0.6 is 0 Å². The highest BCUT2D eigenvalue weighted by molar-refractivity contribution is 5.51. The third kappa shape index (κ3) is 1.33. The Morgan fingerprint density at radius 2 is 2.29 bits per heavy atom. The summed E-state index contributed by atoms with van der Waals surface area (Å²) in [6.07, 6.45) is 3.21. The van der Waals surface area contributed by atoms with Crippen LogP contribution in [-0.2, 0) is 6.54 Å². The molecule has 0 aliphatic heterocycles. The maximum atomic E-state index is 9.65. The number of para-hydroxylation sites is 1. The zero-order chi connectivity index (χ0) is 9.97. The Hall–Kier alpha value is -1.88. The van der Waals surface area contributed by atoms with Crippen LogP contribution in [0.3, 0.4) is 0 Å². The molecule has 0 fully saturated rings. The quantitative estimate of drug-likeness (QED) is 0.720. The van der Waals surface area contributed by atoms with Gasteiger partial charge in [0, 0.05) is 6.54 Å². The Balaban J connectivity index is 2.61. The first-order chi connectivity index (χ1) is 6.83. The number of benzene rings is 1. The Morgan fingerprint density at radius 1 is 1.43 bits per heavy atom. The molecule has 2 aromatic rings. The maximum Gasteiger partial charge on any atom is 0.141 e. The monoisotopic (exact) mass is 190 g/mol. The molecule has 1 aromatic heterocycles. The zero-order valence-corrected chi connectivity index (χ0v) is 7.46. The fourth-order valence-corrected chi connectivity index (χ4v) is 1.33. The van der Waals surface area contributed by atoms with E-state index in [0.29, 0.717) is 12.2 Å². The van der Waals surface area contributed by atoms with Gasteiger partial charge in [-0.2, -0.15) is 0 Å². The molecule has 1 aromatic carbocycles. The van der Waals surface area contributed by atoms with Gasteiger partial charge in [-0.25, -0.2) is 4.68 Å². The third-order valence-electron chi connectivity index (χ3n) is 1.97. The molecule has 0 bridgehead atoms. The molecule has 72 valence electrons. The normalized spacial score (nSPS) is 10.4. The Labute approximate surface area is 80.8 Å². The van der Waals surface area contributed by atoms with Crippen molar-refractivity contribution in [2.24, 2.45) is 5.73 Å². The summed E-state index contributed by atoms with van der Waals surface area (Å²) in [5, 5.41) is 17.1. The molecular formula is C9H10N4O. The van der Waals surface area contributed by atoms with Gasteiger partial charge in [0.15, 0.2) is 0 Å². The molecule has 5 heteroatoms. The van der Waals surface area contributed by atoms with Crippen LogP contribution in [0.1, 0.15) is 5.56 Å². The first-order valence-electron chi connectivity index (χ1n) is 4.20. The number of aromatic nitrogens is 3. The number of nitrogens with two attached hydrogens (primary N) is 1. The first-order valence-corrected chi connectivity index (χ1v) is 4.20. The molecule has 1 heterocycles. The molecule has 0 unspecified atom stereocenters. The van der Waals surface area contributed by atoms with Gasteiger partial charge in [-0.15, -0.1) is 5.10 Å². The molecule has 5 nitrogen and oxygen atoms in total. The van der Waals surface area contributed by atoms with Crippen molar-refractivity contribution in [3.63, 3.8) is 0 Å². The van der Waals surface area contributed by atoms with Gasteiger partial charge in [0.1, 0.15) is 11.4 Å². The fraction of sp³-hybridized carbons (Fsp3) is 0.111. The van der Waals surface area contributed by atoms with Crippen molar-refractivity contribution in [3.8, 4) is 11.4 Å². The highest BCUT2D eigenvalue weighted by atomic mass is 16.3. The van der Waals surface area contributed by atoms with Gasteiger partial charge in [0.05, 0.1) is 12.4 Å². The molecule has 0 spiro atoms. The molecule has 0 radical (unpaired) electrons. The average molecular weight is 190 g/mol. The number of aromatic hydroxyl groups is 1. The van der Waals surface area contributed by atoms with Crippen molar-refractivity contribution in [3.05, 3.63) is 36.2 Å². The van der Waals surface area contributed by atoms with Gasteiger partial charge in [-0.1, -0.05) is 17.3 Å². The second-order valence-corrected chi connectivity index (χ2v) is 2.84. The number of hydrogen-bond donors (Lipinski definition) is 2. The van der Waals surface area contributed by atoms with E-state index in [4.69, 9.17) is 5.73 Å². The van der Waals surface area contributed by atoms with Crippen LogP contribution in [0.25, 0.3) is 5.69 Å². The lowest BCUT2D eigenvalue weighted by molar-refractivity contribution is 0.468. The van der Waals surface area contributed by atoms with Crippen molar-refractivity contribution in [1.29, 1.82) is 0 Å². The molecule has 3 N–H and O–H groups in total. The highest BCUT2D eigenvalue weighted by Crippen LogP contribution is 2.23. The van der Waals surface area contributed by atoms with Crippen LogP contribution in [-0.4, -0.2) is 20.1 Å². The number of rotatable bonds is 2. The largest absolute Gasteiger partial charge is 0.506 e. The van der Waals surface area contributed by atoms with Crippen molar-refractivity contribution in [1.82, 2.24) is 15.0 Å². The summed E-state index contributed by atoms with van der Waals surface area (Å²) in [5.74, 6) is 0.151. The van der Waals surface area contributed by atoms with Crippen LogP contribution in [0, 0.1) is 0 Å². The Bertz CT molecular complexity index is 424. The molecular weight excluding hydrogens is 180 g/mol. The summed E-state index contributed by atoms with van der Waals surface area (Å²) in [4.78, 5) is 0. The first kappa shape index (κ1) is 8.71. The lowest BCUT2D eigenvalue weighted by Crippen LogP contribution is -2.05. The van der Waals surface area contributed by atoms with Gasteiger partial charge in [0.25, 0.3) is 0 Å². The predicted molar refractivity (Wildman–Crippen MR) is 50.9 cm³/mol. The topological polar surface area (TPSA) is 77.0 Å². The lowest BCUT2D eigenvalue weighted by Gasteiger charge is -2.08. The molecule has 0 aliphatic carbocycles. The predicted octanol–water partition coefficient (Wildman–Crippen LogP) is 0.432. The highest BCUT2D eigenvalue weighted by Gasteiger charge is 2.08. The molecule has 14 heavy (non-hydrogen) atoms. The van der Waals surface area contributed by atoms with E-state index in [1.165, 1.54) is 4.68 Å². The van der Waals surface area contributed by atoms with Gasteiger partial charge >= 0.3 is 0 Å². The van der Waals surface area contributed by atoms with E-state index in [1.807, 2.05) is 6.07 Å². The number of nitrogens with zero attached hydrogens (tertiary/aromatic N) is 3. The van der Waals surface area contributed by atoms with Gasteiger partial charge in [-0.05, 0) is 11.6 Å². The summed E-state index contributed by atoms with van der Waals surface area (Å²) in [6, 6.07) is 5.19.